The molecule has 0 amide bonds. The molecular weight excluding hydrogens is 300 g/mol. The molecule has 0 saturated heterocycles. The van der Waals surface area contributed by atoms with Crippen molar-refractivity contribution < 1.29 is 31.3 Å². The van der Waals surface area contributed by atoms with Crippen LogP contribution in [0.3, 0.4) is 0 Å². The van der Waals surface area contributed by atoms with Crippen LogP contribution < -0.4 is 0 Å². The number of rotatable bonds is 4. The van der Waals surface area contributed by atoms with Gasteiger partial charge in [-0.1, -0.05) is 0 Å². The van der Waals surface area contributed by atoms with Crippen LogP contribution in [0.15, 0.2) is 24.3 Å². The zero-order valence-corrected chi connectivity index (χ0v) is 15.1. The summed E-state index contributed by atoms with van der Waals surface area (Å²) >= 11 is -1.98. The van der Waals surface area contributed by atoms with E-state index in [4.69, 9.17) is 0 Å². The van der Waals surface area contributed by atoms with Gasteiger partial charge in [-0.15, -0.1) is 0 Å². The van der Waals surface area contributed by atoms with E-state index in [2.05, 4.69) is 58.9 Å². The fourth-order valence-electron chi connectivity index (χ4n) is 1.95. The van der Waals surface area contributed by atoms with Crippen LogP contribution in [-0.4, -0.2) is 2.30 Å². The van der Waals surface area contributed by atoms with Gasteiger partial charge in [-0.3, -0.25) is 0 Å². The normalized spacial score (nSPS) is 12.7. The molecule has 0 atom stereocenters. The second-order valence-electron chi connectivity index (χ2n) is 6.48. The Balaban J connectivity index is 2.75. The van der Waals surface area contributed by atoms with Crippen LogP contribution in [0.1, 0.15) is 45.7 Å². The summed E-state index contributed by atoms with van der Waals surface area (Å²) < 4.78 is 14.4. The summed E-state index contributed by atoms with van der Waals surface area (Å²) in [6.07, 6.45) is 1.96. The van der Waals surface area contributed by atoms with Crippen molar-refractivity contribution >= 4 is 2.30 Å². The summed E-state index contributed by atoms with van der Waals surface area (Å²) in [5, 5.41) is 0. The summed E-state index contributed by atoms with van der Waals surface area (Å²) in [7, 11) is 0. The third kappa shape index (κ3) is 5.40. The van der Waals surface area contributed by atoms with Gasteiger partial charge in [0.2, 0.25) is 0 Å². The Labute approximate surface area is 127 Å². The molecule has 0 radical (unpaired) electrons. The first-order valence-electron chi connectivity index (χ1n) is 6.70. The first-order chi connectivity index (χ1) is 8.32. The molecular formula is C16H24FY. The Morgan fingerprint density at radius 3 is 2.00 bits per heavy atom. The van der Waals surface area contributed by atoms with Crippen molar-refractivity contribution in [3.63, 3.8) is 0 Å². The Kier molecular flexibility index (Phi) is 6.34. The van der Waals surface area contributed by atoms with E-state index in [-0.39, 0.29) is 5.41 Å². The molecule has 0 heterocycles. The molecule has 0 aliphatic carbocycles. The molecule has 1 rings (SSSR count). The Morgan fingerprint density at radius 2 is 1.61 bits per heavy atom. The molecule has 0 aliphatic rings. The number of benzene rings is 1. The number of hydrogen-bond acceptors (Lipinski definition) is 0. The summed E-state index contributed by atoms with van der Waals surface area (Å²) in [6.45, 7) is 10.8. The van der Waals surface area contributed by atoms with Crippen LogP contribution in [0.5, 0.6) is 0 Å². The van der Waals surface area contributed by atoms with E-state index in [1.54, 1.807) is 0 Å². The monoisotopic (exact) mass is 324 g/mol. The molecule has 2 heteroatoms. The predicted molar refractivity (Wildman–Crippen MR) is 74.3 cm³/mol. The standard InChI is InChI=1S/C16H24.FH.Y/c1-13(2)12-15-8-6-14(7-9-15)10-11-16(3,4)5;;/h6-9,13H,10,12H2,1-5H3;1H;/q;;+1/p-1. The maximum absolute atomic E-state index is 13.2. The van der Waals surface area contributed by atoms with Crippen LogP contribution in [0.25, 0.3) is 0 Å². The maximum atomic E-state index is 13.2. The van der Waals surface area contributed by atoms with Gasteiger partial charge in [0.05, 0.1) is 0 Å². The molecule has 0 N–H and O–H groups in total. The van der Waals surface area contributed by atoms with Crippen LogP contribution in [0.4, 0.5) is 1.92 Å². The molecule has 0 fully saturated rings. The third-order valence-electron chi connectivity index (χ3n) is 3.16. The average Bonchev–Trinajstić information content (AvgIpc) is 2.25. The topological polar surface area (TPSA) is 0 Å². The molecule has 0 aromatic heterocycles. The van der Waals surface area contributed by atoms with Crippen molar-refractivity contribution in [2.24, 2.45) is 11.3 Å². The molecule has 0 nitrogen and oxygen atoms in total. The molecule has 1 aromatic carbocycles. The molecule has 0 spiro atoms. The van der Waals surface area contributed by atoms with Gasteiger partial charge in [0, 0.05) is 0 Å². The van der Waals surface area contributed by atoms with Gasteiger partial charge in [0.25, 0.3) is 0 Å². The average molecular weight is 324 g/mol. The van der Waals surface area contributed by atoms with Gasteiger partial charge in [-0.25, -0.2) is 0 Å². The van der Waals surface area contributed by atoms with E-state index >= 15 is 0 Å². The molecule has 0 saturated carbocycles. The minimum absolute atomic E-state index is 0.0342. The van der Waals surface area contributed by atoms with E-state index in [0.29, 0.717) is 5.92 Å². The Morgan fingerprint density at radius 1 is 1.11 bits per heavy atom. The molecule has 0 aliphatic heterocycles. The minimum atomic E-state index is -1.98. The van der Waals surface area contributed by atoms with Crippen LogP contribution in [-0.2, 0) is 42.2 Å². The van der Waals surface area contributed by atoms with Gasteiger partial charge >= 0.3 is 128 Å². The summed E-state index contributed by atoms with van der Waals surface area (Å²) in [4.78, 5) is 0. The summed E-state index contributed by atoms with van der Waals surface area (Å²) in [5.41, 5.74) is 2.68. The second-order valence-corrected chi connectivity index (χ2v) is 8.73. The summed E-state index contributed by atoms with van der Waals surface area (Å²) in [6, 6.07) is 8.73. The van der Waals surface area contributed by atoms with Gasteiger partial charge < -0.3 is 0 Å². The Bertz CT molecular complexity index is 396. The van der Waals surface area contributed by atoms with E-state index in [1.165, 1.54) is 11.1 Å². The van der Waals surface area contributed by atoms with Crippen LogP contribution in [0.2, 0.25) is 0 Å². The molecule has 98 valence electrons. The summed E-state index contributed by atoms with van der Waals surface area (Å²) in [5.74, 6) is 0.688. The van der Waals surface area contributed by atoms with Crippen LogP contribution in [0, 0.1) is 11.3 Å². The first kappa shape index (κ1) is 16.2. The van der Waals surface area contributed by atoms with E-state index in [9.17, 15) is 1.92 Å². The van der Waals surface area contributed by atoms with Crippen molar-refractivity contribution in [2.45, 2.75) is 47.5 Å². The first-order valence-corrected chi connectivity index (χ1v) is 9.19. The SMILES string of the molecule is CC(C)Cc1ccc(C[C](=[Y][F])C(C)(C)C)cc1. The van der Waals surface area contributed by atoms with Crippen molar-refractivity contribution in [3.05, 3.63) is 35.4 Å². The van der Waals surface area contributed by atoms with Crippen molar-refractivity contribution in [1.29, 1.82) is 0 Å². The molecule has 1 aromatic rings. The zero-order chi connectivity index (χ0) is 13.8. The second kappa shape index (κ2) is 7.05. The molecule has 0 unspecified atom stereocenters. The Hall–Kier alpha value is 0.124. The van der Waals surface area contributed by atoms with Gasteiger partial charge in [0.15, 0.2) is 0 Å². The quantitative estimate of drug-likeness (QED) is 0.758. The number of halogens is 1. The van der Waals surface area contributed by atoms with Gasteiger partial charge in [0.1, 0.15) is 0 Å². The van der Waals surface area contributed by atoms with Gasteiger partial charge in [-0.2, -0.15) is 0 Å². The van der Waals surface area contributed by atoms with E-state index in [1.807, 2.05) is 0 Å². The fourth-order valence-corrected chi connectivity index (χ4v) is 3.53. The molecule has 0 bridgehead atoms. The van der Waals surface area contributed by atoms with E-state index < -0.39 is 29.4 Å². The predicted octanol–water partition coefficient (Wildman–Crippen LogP) is 4.61. The van der Waals surface area contributed by atoms with Crippen molar-refractivity contribution in [2.75, 3.05) is 0 Å². The van der Waals surface area contributed by atoms with Crippen LogP contribution >= 0.6 is 0 Å². The molecule has 18 heavy (non-hydrogen) atoms. The third-order valence-corrected chi connectivity index (χ3v) is 6.43. The van der Waals surface area contributed by atoms with Crippen molar-refractivity contribution in [1.82, 2.24) is 0 Å². The van der Waals surface area contributed by atoms with E-state index in [0.717, 1.165) is 15.1 Å². The number of hydrogen-bond donors (Lipinski definition) is 0. The van der Waals surface area contributed by atoms with Crippen molar-refractivity contribution in [3.8, 4) is 0 Å². The van der Waals surface area contributed by atoms with Gasteiger partial charge in [-0.05, 0) is 0 Å². The fraction of sp³-hybridized carbons (Fsp3) is 0.562. The zero-order valence-electron chi connectivity index (χ0n) is 12.3.